The van der Waals surface area contributed by atoms with Crippen molar-refractivity contribution in [3.63, 3.8) is 0 Å². The van der Waals surface area contributed by atoms with Gasteiger partial charge in [-0.2, -0.15) is 0 Å². The number of para-hydroxylation sites is 1. The molecule has 0 aliphatic heterocycles. The Hall–Kier alpha value is -1.61. The molecule has 0 spiro atoms. The molecule has 1 aromatic carbocycles. The molecule has 3 nitrogen and oxygen atoms in total. The van der Waals surface area contributed by atoms with Gasteiger partial charge in [0, 0.05) is 17.1 Å². The van der Waals surface area contributed by atoms with Gasteiger partial charge in [-0.1, -0.05) is 12.1 Å². The molecule has 0 saturated heterocycles. The Balaban J connectivity index is 2.41. The molecule has 0 radical (unpaired) electrons. The van der Waals surface area contributed by atoms with E-state index >= 15 is 0 Å². The van der Waals surface area contributed by atoms with E-state index < -0.39 is 0 Å². The summed E-state index contributed by atoms with van der Waals surface area (Å²) in [5.41, 5.74) is 11.0. The number of hydrogen-bond acceptors (Lipinski definition) is 3. The van der Waals surface area contributed by atoms with Gasteiger partial charge in [-0.15, -0.1) is 0 Å². The summed E-state index contributed by atoms with van der Waals surface area (Å²) in [5, 5.41) is 1.14. The quantitative estimate of drug-likeness (QED) is 0.881. The maximum Gasteiger partial charge on any atom is 0.145 e. The smallest absolute Gasteiger partial charge is 0.145 e. The zero-order valence-electron chi connectivity index (χ0n) is 10.9. The lowest BCUT2D eigenvalue weighted by atomic mass is 9.96. The number of benzene rings is 1. The van der Waals surface area contributed by atoms with Crippen LogP contribution in [-0.2, 0) is 12.8 Å². The van der Waals surface area contributed by atoms with Crippen LogP contribution in [0.4, 0.5) is 0 Å². The van der Waals surface area contributed by atoms with Crippen LogP contribution in [0.25, 0.3) is 10.9 Å². The van der Waals surface area contributed by atoms with Crippen LogP contribution in [0.3, 0.4) is 0 Å². The third kappa shape index (κ3) is 1.58. The molecule has 0 bridgehead atoms. The molecule has 3 rings (SSSR count). The number of ether oxygens (including phenoxy) is 1. The van der Waals surface area contributed by atoms with Crippen molar-refractivity contribution in [2.45, 2.75) is 32.2 Å². The van der Waals surface area contributed by atoms with E-state index in [4.69, 9.17) is 15.5 Å². The lowest BCUT2D eigenvalue weighted by Gasteiger charge is -2.16. The van der Waals surface area contributed by atoms with Gasteiger partial charge in [-0.25, -0.2) is 4.98 Å². The largest absolute Gasteiger partial charge is 0.494 e. The first-order valence-electron chi connectivity index (χ1n) is 6.46. The molecule has 1 unspecified atom stereocenters. The number of nitrogens with zero attached hydrogens (tertiary/aromatic N) is 1. The van der Waals surface area contributed by atoms with Crippen molar-refractivity contribution in [3.05, 3.63) is 35.0 Å². The number of methoxy groups -OCH3 is 1. The summed E-state index contributed by atoms with van der Waals surface area (Å²) < 4.78 is 5.42. The Kier molecular flexibility index (Phi) is 2.71. The van der Waals surface area contributed by atoms with E-state index in [1.807, 2.05) is 19.1 Å². The Bertz CT molecular complexity index is 605. The van der Waals surface area contributed by atoms with E-state index in [0.29, 0.717) is 0 Å². The van der Waals surface area contributed by atoms with Gasteiger partial charge < -0.3 is 10.5 Å². The second kappa shape index (κ2) is 4.25. The lowest BCUT2D eigenvalue weighted by molar-refractivity contribution is 0.419. The summed E-state index contributed by atoms with van der Waals surface area (Å²) in [6, 6.07) is 6.11. The molecule has 1 heterocycles. The van der Waals surface area contributed by atoms with E-state index in [-0.39, 0.29) is 6.04 Å². The standard InChI is InChI=1S/C15H18N2O/c1-9(16)14-10-5-3-7-12(10)17-15-11(14)6-4-8-13(15)18-2/h4,6,8-9H,3,5,7,16H2,1-2H3. The normalized spacial score (nSPS) is 15.7. The number of aryl methyl sites for hydroxylation is 1. The summed E-state index contributed by atoms with van der Waals surface area (Å²) in [6.45, 7) is 2.05. The summed E-state index contributed by atoms with van der Waals surface area (Å²) in [6.07, 6.45) is 3.34. The zero-order chi connectivity index (χ0) is 12.7. The van der Waals surface area contributed by atoms with Gasteiger partial charge in [0.25, 0.3) is 0 Å². The van der Waals surface area contributed by atoms with E-state index in [9.17, 15) is 0 Å². The van der Waals surface area contributed by atoms with Crippen molar-refractivity contribution in [1.82, 2.24) is 4.98 Å². The molecule has 18 heavy (non-hydrogen) atoms. The average molecular weight is 242 g/mol. The maximum absolute atomic E-state index is 6.18. The van der Waals surface area contributed by atoms with E-state index in [0.717, 1.165) is 29.5 Å². The Labute approximate surface area is 107 Å². The highest BCUT2D eigenvalue weighted by atomic mass is 16.5. The highest BCUT2D eigenvalue weighted by molar-refractivity contribution is 5.89. The fraction of sp³-hybridized carbons (Fsp3) is 0.400. The topological polar surface area (TPSA) is 48.1 Å². The zero-order valence-corrected chi connectivity index (χ0v) is 10.9. The molecule has 0 saturated carbocycles. The molecule has 0 amide bonds. The third-order valence-corrected chi connectivity index (χ3v) is 3.73. The minimum Gasteiger partial charge on any atom is -0.494 e. The van der Waals surface area contributed by atoms with Gasteiger partial charge in [-0.05, 0) is 43.4 Å². The Morgan fingerprint density at radius 2 is 2.17 bits per heavy atom. The van der Waals surface area contributed by atoms with Crippen LogP contribution in [0.2, 0.25) is 0 Å². The minimum atomic E-state index is 0.0365. The summed E-state index contributed by atoms with van der Waals surface area (Å²) in [5.74, 6) is 0.837. The van der Waals surface area contributed by atoms with Crippen molar-refractivity contribution < 1.29 is 4.74 Å². The van der Waals surface area contributed by atoms with Crippen molar-refractivity contribution in [2.24, 2.45) is 5.73 Å². The number of pyridine rings is 1. The van der Waals surface area contributed by atoms with E-state index in [2.05, 4.69) is 6.07 Å². The van der Waals surface area contributed by atoms with Crippen LogP contribution in [-0.4, -0.2) is 12.1 Å². The molecule has 1 aromatic heterocycles. The fourth-order valence-electron chi connectivity index (χ4n) is 2.98. The van der Waals surface area contributed by atoms with Crippen molar-refractivity contribution in [1.29, 1.82) is 0 Å². The summed E-state index contributed by atoms with van der Waals surface area (Å²) in [4.78, 5) is 4.79. The van der Waals surface area contributed by atoms with Crippen LogP contribution >= 0.6 is 0 Å². The molecule has 1 aliphatic rings. The fourth-order valence-corrected chi connectivity index (χ4v) is 2.98. The van der Waals surface area contributed by atoms with Gasteiger partial charge in [-0.3, -0.25) is 0 Å². The highest BCUT2D eigenvalue weighted by Crippen LogP contribution is 2.36. The molecular formula is C15H18N2O. The molecule has 3 heteroatoms. The number of aromatic nitrogens is 1. The van der Waals surface area contributed by atoms with Crippen molar-refractivity contribution in [2.75, 3.05) is 7.11 Å². The molecule has 0 fully saturated rings. The maximum atomic E-state index is 6.18. The Morgan fingerprint density at radius 3 is 2.89 bits per heavy atom. The van der Waals surface area contributed by atoms with E-state index in [1.54, 1.807) is 7.11 Å². The first-order valence-corrected chi connectivity index (χ1v) is 6.46. The first kappa shape index (κ1) is 11.5. The predicted octanol–water partition coefficient (Wildman–Crippen LogP) is 2.75. The minimum absolute atomic E-state index is 0.0365. The van der Waals surface area contributed by atoms with Crippen LogP contribution in [0.1, 0.15) is 36.2 Å². The van der Waals surface area contributed by atoms with Gasteiger partial charge in [0.05, 0.1) is 7.11 Å². The predicted molar refractivity (Wildman–Crippen MR) is 72.9 cm³/mol. The summed E-state index contributed by atoms with van der Waals surface area (Å²) >= 11 is 0. The molecular weight excluding hydrogens is 224 g/mol. The first-order chi connectivity index (χ1) is 8.72. The Morgan fingerprint density at radius 1 is 1.33 bits per heavy atom. The van der Waals surface area contributed by atoms with Gasteiger partial charge in [0.1, 0.15) is 11.3 Å². The van der Waals surface area contributed by atoms with Gasteiger partial charge in [0.15, 0.2) is 0 Å². The van der Waals surface area contributed by atoms with Crippen LogP contribution < -0.4 is 10.5 Å². The van der Waals surface area contributed by atoms with Crippen LogP contribution in [0, 0.1) is 0 Å². The van der Waals surface area contributed by atoms with Gasteiger partial charge >= 0.3 is 0 Å². The molecule has 2 N–H and O–H groups in total. The monoisotopic (exact) mass is 242 g/mol. The second-order valence-corrected chi connectivity index (χ2v) is 4.95. The van der Waals surface area contributed by atoms with Crippen LogP contribution in [0.15, 0.2) is 18.2 Å². The SMILES string of the molecule is COc1cccc2c(C(C)N)c3c(nc12)CCC3. The summed E-state index contributed by atoms with van der Waals surface area (Å²) in [7, 11) is 1.69. The average Bonchev–Trinajstić information content (AvgIpc) is 2.82. The third-order valence-electron chi connectivity index (χ3n) is 3.73. The number of fused-ring (bicyclic) bond motifs is 2. The molecule has 2 aromatic rings. The number of hydrogen-bond donors (Lipinski definition) is 1. The molecule has 94 valence electrons. The van der Waals surface area contributed by atoms with E-state index in [1.165, 1.54) is 23.2 Å². The van der Waals surface area contributed by atoms with Crippen molar-refractivity contribution >= 4 is 10.9 Å². The second-order valence-electron chi connectivity index (χ2n) is 4.95. The number of nitrogens with two attached hydrogens (primary N) is 1. The van der Waals surface area contributed by atoms with Crippen LogP contribution in [0.5, 0.6) is 5.75 Å². The number of rotatable bonds is 2. The lowest BCUT2D eigenvalue weighted by Crippen LogP contribution is -2.10. The highest BCUT2D eigenvalue weighted by Gasteiger charge is 2.22. The van der Waals surface area contributed by atoms with Gasteiger partial charge in [0.2, 0.25) is 0 Å². The molecule has 1 atom stereocenters. The van der Waals surface area contributed by atoms with Crippen molar-refractivity contribution in [3.8, 4) is 5.75 Å². The molecule has 1 aliphatic carbocycles.